The standard InChI is InChI=1S/C17H24ClN7O2S/c1-25(2,11-9-22-28(27)12-6-4-3-5-7-12)10-8-21-17(26)13-15(19)24-16(20)14(18)23-13/h3-7,22H,8-11H2,1-2H3,(H4-,19,20,21,24,26)/p+1. The van der Waals surface area contributed by atoms with E-state index in [9.17, 15) is 9.35 Å². The molecule has 1 aromatic heterocycles. The summed E-state index contributed by atoms with van der Waals surface area (Å²) in [6.45, 7) is 2.34. The highest BCUT2D eigenvalue weighted by Crippen LogP contribution is 2.17. The maximum atomic E-state index is 12.2. The minimum absolute atomic E-state index is 0.0195. The van der Waals surface area contributed by atoms with Crippen LogP contribution in [-0.2, 0) is 11.4 Å². The molecule has 0 aliphatic carbocycles. The van der Waals surface area contributed by atoms with Crippen LogP contribution in [0.4, 0.5) is 11.6 Å². The molecule has 6 N–H and O–H groups in total. The second kappa shape index (κ2) is 9.89. The van der Waals surface area contributed by atoms with E-state index in [2.05, 4.69) is 20.0 Å². The van der Waals surface area contributed by atoms with Crippen molar-refractivity contribution in [3.05, 3.63) is 41.2 Å². The zero-order chi connectivity index (χ0) is 20.7. The zero-order valence-electron chi connectivity index (χ0n) is 15.8. The van der Waals surface area contributed by atoms with Gasteiger partial charge in [-0.15, -0.1) is 4.72 Å². The number of nitrogen functional groups attached to an aromatic ring is 2. The lowest BCUT2D eigenvalue weighted by Gasteiger charge is -2.29. The zero-order valence-corrected chi connectivity index (χ0v) is 17.4. The van der Waals surface area contributed by atoms with Crippen LogP contribution in [0.25, 0.3) is 0 Å². The monoisotopic (exact) mass is 426 g/mol. The van der Waals surface area contributed by atoms with Crippen LogP contribution >= 0.6 is 11.6 Å². The largest absolute Gasteiger partial charge is 0.593 e. The third kappa shape index (κ3) is 6.50. The van der Waals surface area contributed by atoms with E-state index >= 15 is 0 Å². The van der Waals surface area contributed by atoms with E-state index in [1.54, 1.807) is 0 Å². The van der Waals surface area contributed by atoms with Gasteiger partial charge in [0.1, 0.15) is 0 Å². The summed E-state index contributed by atoms with van der Waals surface area (Å²) in [5.74, 6) is -0.551. The van der Waals surface area contributed by atoms with Crippen molar-refractivity contribution in [1.29, 1.82) is 0 Å². The number of halogens is 1. The molecule has 0 aliphatic rings. The molecule has 0 saturated heterocycles. The van der Waals surface area contributed by atoms with E-state index in [1.807, 2.05) is 44.4 Å². The Morgan fingerprint density at radius 2 is 1.79 bits per heavy atom. The first-order valence-corrected chi connectivity index (χ1v) is 10.1. The molecule has 0 radical (unpaired) electrons. The molecule has 1 unspecified atom stereocenters. The number of carbonyl (C=O) groups excluding carboxylic acids is 1. The summed E-state index contributed by atoms with van der Waals surface area (Å²) in [5.41, 5.74) is 11.1. The minimum atomic E-state index is -1.24. The Kier molecular flexibility index (Phi) is 7.84. The molecule has 2 rings (SSSR count). The van der Waals surface area contributed by atoms with Gasteiger partial charge in [-0.25, -0.2) is 9.97 Å². The number of nitrogens with zero attached hydrogens (tertiary/aromatic N) is 3. The van der Waals surface area contributed by atoms with Crippen molar-refractivity contribution in [1.82, 2.24) is 20.0 Å². The van der Waals surface area contributed by atoms with Crippen molar-refractivity contribution < 1.29 is 13.8 Å². The van der Waals surface area contributed by atoms with Gasteiger partial charge in [0.2, 0.25) is 0 Å². The lowest BCUT2D eigenvalue weighted by atomic mass is 10.3. The van der Waals surface area contributed by atoms with Gasteiger partial charge in [0.15, 0.2) is 27.4 Å². The maximum absolute atomic E-state index is 12.2. The first kappa shape index (κ1) is 22.2. The van der Waals surface area contributed by atoms with E-state index in [4.69, 9.17) is 23.1 Å². The smallest absolute Gasteiger partial charge is 0.273 e. The number of amides is 1. The number of carbonyl (C=O) groups is 1. The maximum Gasteiger partial charge on any atom is 0.273 e. The molecule has 11 heteroatoms. The summed E-state index contributed by atoms with van der Waals surface area (Å²) in [7, 11) is 4.04. The highest BCUT2D eigenvalue weighted by Gasteiger charge is 2.20. The lowest BCUT2D eigenvalue weighted by molar-refractivity contribution is -0.887. The molecule has 2 aromatic rings. The van der Waals surface area contributed by atoms with Crippen LogP contribution in [-0.4, -0.2) is 65.2 Å². The fourth-order valence-corrected chi connectivity index (χ4v) is 3.32. The lowest BCUT2D eigenvalue weighted by Crippen LogP contribution is -2.49. The van der Waals surface area contributed by atoms with Crippen LogP contribution in [0.2, 0.25) is 5.15 Å². The number of aromatic nitrogens is 2. The highest BCUT2D eigenvalue weighted by molar-refractivity contribution is 7.89. The summed E-state index contributed by atoms with van der Waals surface area (Å²) in [6.07, 6.45) is 0. The molecule has 0 spiro atoms. The van der Waals surface area contributed by atoms with Crippen molar-refractivity contribution in [3.8, 4) is 0 Å². The summed E-state index contributed by atoms with van der Waals surface area (Å²) >= 11 is 4.55. The molecule has 1 atom stereocenters. The van der Waals surface area contributed by atoms with Gasteiger partial charge in [-0.2, -0.15) is 0 Å². The number of likely N-dealkylation sites (N-methyl/N-ethyl adjacent to an activating group) is 1. The minimum Gasteiger partial charge on any atom is -0.593 e. The number of nitrogens with one attached hydrogen (secondary N) is 2. The Morgan fingerprint density at radius 1 is 1.14 bits per heavy atom. The van der Waals surface area contributed by atoms with Crippen molar-refractivity contribution in [2.45, 2.75) is 4.90 Å². The molecule has 0 bridgehead atoms. The molecule has 0 aliphatic heterocycles. The van der Waals surface area contributed by atoms with Crippen LogP contribution in [0.3, 0.4) is 0 Å². The van der Waals surface area contributed by atoms with Crippen molar-refractivity contribution in [2.75, 3.05) is 51.7 Å². The van der Waals surface area contributed by atoms with Crippen molar-refractivity contribution >= 4 is 40.5 Å². The topological polar surface area (TPSA) is 142 Å². The molecule has 0 saturated carbocycles. The summed E-state index contributed by atoms with van der Waals surface area (Å²) in [5, 5.41) is 2.69. The number of benzene rings is 1. The second-order valence-electron chi connectivity index (χ2n) is 6.75. The summed E-state index contributed by atoms with van der Waals surface area (Å²) < 4.78 is 15.8. The first-order valence-electron chi connectivity index (χ1n) is 8.58. The Labute approximate surface area is 172 Å². The van der Waals surface area contributed by atoms with Crippen LogP contribution in [0.1, 0.15) is 10.5 Å². The number of hydrogen-bond acceptors (Lipinski definition) is 7. The average Bonchev–Trinajstić information content (AvgIpc) is 2.65. The Balaban J connectivity index is 1.77. The summed E-state index contributed by atoms with van der Waals surface area (Å²) in [6, 6.07) is 9.21. The molecule has 152 valence electrons. The van der Waals surface area contributed by atoms with E-state index in [0.29, 0.717) is 24.1 Å². The van der Waals surface area contributed by atoms with Gasteiger partial charge in [-0.1, -0.05) is 29.8 Å². The quantitative estimate of drug-likeness (QED) is 0.336. The van der Waals surface area contributed by atoms with E-state index in [1.165, 1.54) is 0 Å². The van der Waals surface area contributed by atoms with Gasteiger partial charge < -0.3 is 25.8 Å². The number of anilines is 2. The Hall–Kier alpha value is -2.11. The molecule has 1 heterocycles. The molecular formula is C17H25ClN7O2S+. The van der Waals surface area contributed by atoms with E-state index in [0.717, 1.165) is 11.4 Å². The van der Waals surface area contributed by atoms with Crippen LogP contribution in [0.5, 0.6) is 0 Å². The normalized spacial score (nSPS) is 12.6. The Bertz CT molecular complexity index is 808. The van der Waals surface area contributed by atoms with Crippen LogP contribution in [0, 0.1) is 0 Å². The number of quaternary nitrogens is 1. The van der Waals surface area contributed by atoms with Crippen LogP contribution in [0.15, 0.2) is 35.2 Å². The fraction of sp³-hybridized carbons (Fsp3) is 0.353. The van der Waals surface area contributed by atoms with Crippen molar-refractivity contribution in [3.63, 3.8) is 0 Å². The molecule has 28 heavy (non-hydrogen) atoms. The van der Waals surface area contributed by atoms with Gasteiger partial charge in [0.05, 0.1) is 51.6 Å². The predicted molar refractivity (Wildman–Crippen MR) is 111 cm³/mol. The van der Waals surface area contributed by atoms with Gasteiger partial charge in [0.25, 0.3) is 5.91 Å². The van der Waals surface area contributed by atoms with Gasteiger partial charge in [-0.3, -0.25) is 4.79 Å². The first-order chi connectivity index (χ1) is 13.2. The van der Waals surface area contributed by atoms with Crippen molar-refractivity contribution in [2.24, 2.45) is 0 Å². The fourth-order valence-electron chi connectivity index (χ4n) is 2.34. The van der Waals surface area contributed by atoms with Gasteiger partial charge in [-0.05, 0) is 12.1 Å². The third-order valence-corrected chi connectivity index (χ3v) is 5.47. The number of nitrogens with two attached hydrogens (primary N) is 2. The van der Waals surface area contributed by atoms with E-state index < -0.39 is 17.3 Å². The van der Waals surface area contributed by atoms with Crippen LogP contribution < -0.4 is 21.5 Å². The number of hydrogen-bond donors (Lipinski definition) is 4. The second-order valence-corrected chi connectivity index (χ2v) is 8.40. The van der Waals surface area contributed by atoms with Gasteiger partial charge in [0, 0.05) is 0 Å². The molecule has 1 amide bonds. The number of rotatable bonds is 9. The third-order valence-electron chi connectivity index (χ3n) is 4.03. The Morgan fingerprint density at radius 3 is 2.46 bits per heavy atom. The molecule has 1 aromatic carbocycles. The van der Waals surface area contributed by atoms with E-state index in [-0.39, 0.29) is 22.5 Å². The SMILES string of the molecule is C[N+](C)(CCNC(=O)c1nc(Cl)c(N)nc1N)CCN[S+]([O-])c1ccccc1. The molecular weight excluding hydrogens is 402 g/mol. The predicted octanol–water partition coefficient (Wildman–Crippen LogP) is 0.413. The molecule has 9 nitrogen and oxygen atoms in total. The van der Waals surface area contributed by atoms with Gasteiger partial charge >= 0.3 is 0 Å². The average molecular weight is 427 g/mol. The molecule has 0 fully saturated rings. The highest BCUT2D eigenvalue weighted by atomic mass is 35.5. The summed E-state index contributed by atoms with van der Waals surface area (Å²) in [4.78, 5) is 20.6.